The second-order valence-electron chi connectivity index (χ2n) is 13.0. The number of ether oxygens (including phenoxy) is 1. The Balaban J connectivity index is 1.37. The lowest BCUT2D eigenvalue weighted by atomic mass is 9.90. The number of nitrogens with zero attached hydrogens (tertiary/aromatic N) is 4. The number of Topliss-reactive ketones (excluding diaryl/α,β-unsaturated/α-hetero) is 1. The maximum absolute atomic E-state index is 13.1. The standard InChI is InChI=1S/C37H35ClN4O2S/c1-20-17-29-35(32(22-9-12-26(38)13-10-22)31(20)34(21(2)43)44-37(3,4)5)45-36(40-29)25-15-16-39-28(19-25)24-11-14-30-27(18-24)33(23-7-8-23)41-42(30)6/h9-19,23,34H,7-8H2,1-6H3/t34-/m1/s1. The van der Waals surface area contributed by atoms with Crippen molar-refractivity contribution in [2.24, 2.45) is 7.05 Å². The zero-order valence-corrected chi connectivity index (χ0v) is 27.9. The molecule has 1 aliphatic rings. The van der Waals surface area contributed by atoms with Crippen LogP contribution in [0.15, 0.2) is 66.9 Å². The molecule has 0 bridgehead atoms. The number of rotatable bonds is 7. The first-order valence-electron chi connectivity index (χ1n) is 15.3. The van der Waals surface area contributed by atoms with Crippen molar-refractivity contribution in [3.8, 4) is 33.0 Å². The van der Waals surface area contributed by atoms with Gasteiger partial charge in [-0.15, -0.1) is 11.3 Å². The van der Waals surface area contributed by atoms with E-state index >= 15 is 0 Å². The minimum absolute atomic E-state index is 0.0402. The number of carbonyl (C=O) groups is 1. The zero-order valence-electron chi connectivity index (χ0n) is 26.3. The molecule has 0 spiro atoms. The number of carbonyl (C=O) groups excluding carboxylic acids is 1. The molecule has 0 saturated heterocycles. The summed E-state index contributed by atoms with van der Waals surface area (Å²) in [6.45, 7) is 9.55. The molecule has 228 valence electrons. The second-order valence-corrected chi connectivity index (χ2v) is 14.5. The number of hydrogen-bond acceptors (Lipinski definition) is 6. The summed E-state index contributed by atoms with van der Waals surface area (Å²) in [5.41, 5.74) is 9.39. The molecule has 1 saturated carbocycles. The molecule has 3 aromatic heterocycles. The smallest absolute Gasteiger partial charge is 0.163 e. The summed E-state index contributed by atoms with van der Waals surface area (Å²) in [4.78, 5) is 23.0. The summed E-state index contributed by atoms with van der Waals surface area (Å²) >= 11 is 7.92. The van der Waals surface area contributed by atoms with Crippen LogP contribution in [0.3, 0.4) is 0 Å². The lowest BCUT2D eigenvalue weighted by molar-refractivity contribution is -0.138. The predicted molar refractivity (Wildman–Crippen MR) is 184 cm³/mol. The normalized spacial score (nSPS) is 14.4. The third-order valence-electron chi connectivity index (χ3n) is 8.31. The molecule has 3 heterocycles. The SMILES string of the molecule is CC(=O)[C@@H](OC(C)(C)C)c1c(C)cc2nc(-c3ccnc(-c4ccc5c(c4)c(C4CC4)nn5C)c3)sc2c1-c1ccc(Cl)cc1. The van der Waals surface area contributed by atoms with Gasteiger partial charge in [0.1, 0.15) is 11.1 Å². The Labute approximate surface area is 272 Å². The highest BCUT2D eigenvalue weighted by Crippen LogP contribution is 2.45. The Bertz CT molecular complexity index is 2100. The van der Waals surface area contributed by atoms with Crippen molar-refractivity contribution >= 4 is 49.8 Å². The molecule has 1 atom stereocenters. The van der Waals surface area contributed by atoms with Gasteiger partial charge in [-0.1, -0.05) is 29.8 Å². The third-order valence-corrected chi connectivity index (χ3v) is 9.70. The highest BCUT2D eigenvalue weighted by atomic mass is 35.5. The van der Waals surface area contributed by atoms with Crippen molar-refractivity contribution in [1.29, 1.82) is 0 Å². The summed E-state index contributed by atoms with van der Waals surface area (Å²) < 4.78 is 9.39. The molecule has 0 unspecified atom stereocenters. The van der Waals surface area contributed by atoms with E-state index in [1.807, 2.05) is 76.0 Å². The van der Waals surface area contributed by atoms with Crippen molar-refractivity contribution in [1.82, 2.24) is 19.7 Å². The van der Waals surface area contributed by atoms with Gasteiger partial charge in [0.05, 0.1) is 32.7 Å². The summed E-state index contributed by atoms with van der Waals surface area (Å²) in [5.74, 6) is 0.520. The lowest BCUT2D eigenvalue weighted by Crippen LogP contribution is -2.27. The maximum Gasteiger partial charge on any atom is 0.163 e. The highest BCUT2D eigenvalue weighted by molar-refractivity contribution is 7.22. The van der Waals surface area contributed by atoms with E-state index < -0.39 is 11.7 Å². The molecule has 0 amide bonds. The van der Waals surface area contributed by atoms with Gasteiger partial charge in [-0.2, -0.15) is 5.10 Å². The van der Waals surface area contributed by atoms with Crippen molar-refractivity contribution in [2.45, 2.75) is 65.1 Å². The third kappa shape index (κ3) is 5.69. The van der Waals surface area contributed by atoms with E-state index in [0.29, 0.717) is 10.9 Å². The van der Waals surface area contributed by atoms with Gasteiger partial charge in [0.25, 0.3) is 0 Å². The van der Waals surface area contributed by atoms with Crippen LogP contribution < -0.4 is 0 Å². The fourth-order valence-corrected chi connectivity index (χ4v) is 7.35. The molecule has 6 aromatic rings. The van der Waals surface area contributed by atoms with Gasteiger partial charge in [0.2, 0.25) is 0 Å². The molecule has 3 aromatic carbocycles. The van der Waals surface area contributed by atoms with E-state index in [4.69, 9.17) is 31.4 Å². The van der Waals surface area contributed by atoms with Crippen LogP contribution in [0.4, 0.5) is 0 Å². The summed E-state index contributed by atoms with van der Waals surface area (Å²) in [7, 11) is 2.01. The first-order chi connectivity index (χ1) is 21.5. The number of halogens is 1. The highest BCUT2D eigenvalue weighted by Gasteiger charge is 2.31. The number of hydrogen-bond donors (Lipinski definition) is 0. The van der Waals surface area contributed by atoms with E-state index in [-0.39, 0.29) is 5.78 Å². The molecule has 0 aliphatic heterocycles. The minimum Gasteiger partial charge on any atom is -0.360 e. The van der Waals surface area contributed by atoms with E-state index in [2.05, 4.69) is 30.3 Å². The number of aryl methyl sites for hydroxylation is 2. The molecular formula is C37H35ClN4O2S. The predicted octanol–water partition coefficient (Wildman–Crippen LogP) is 9.86. The number of benzene rings is 3. The molecule has 1 fully saturated rings. The first-order valence-corrected chi connectivity index (χ1v) is 16.5. The van der Waals surface area contributed by atoms with Crippen LogP contribution in [0, 0.1) is 6.92 Å². The van der Waals surface area contributed by atoms with Gasteiger partial charge in [-0.25, -0.2) is 4.98 Å². The second kappa shape index (κ2) is 11.2. The largest absolute Gasteiger partial charge is 0.360 e. The molecule has 0 radical (unpaired) electrons. The summed E-state index contributed by atoms with van der Waals surface area (Å²) in [6.07, 6.45) is 3.54. The average molecular weight is 635 g/mol. The summed E-state index contributed by atoms with van der Waals surface area (Å²) in [5, 5.41) is 7.57. The van der Waals surface area contributed by atoms with Crippen molar-refractivity contribution in [2.75, 3.05) is 0 Å². The number of aromatic nitrogens is 4. The monoisotopic (exact) mass is 634 g/mol. The lowest BCUT2D eigenvalue weighted by Gasteiger charge is -2.29. The Kier molecular flexibility index (Phi) is 7.39. The van der Waals surface area contributed by atoms with Crippen molar-refractivity contribution in [3.05, 3.63) is 88.7 Å². The Hall–Kier alpha value is -3.91. The zero-order chi connectivity index (χ0) is 31.6. The Morgan fingerprint density at radius 2 is 1.76 bits per heavy atom. The molecule has 0 N–H and O–H groups in total. The Morgan fingerprint density at radius 3 is 2.44 bits per heavy atom. The van der Waals surface area contributed by atoms with Crippen LogP contribution in [-0.2, 0) is 16.6 Å². The number of thiazole rings is 1. The van der Waals surface area contributed by atoms with Gasteiger partial charge in [0.15, 0.2) is 5.78 Å². The van der Waals surface area contributed by atoms with Crippen LogP contribution in [0.5, 0.6) is 0 Å². The van der Waals surface area contributed by atoms with Gasteiger partial charge in [-0.3, -0.25) is 14.5 Å². The fourth-order valence-electron chi connectivity index (χ4n) is 6.11. The first kappa shape index (κ1) is 29.8. The topological polar surface area (TPSA) is 69.9 Å². The van der Waals surface area contributed by atoms with Crippen LogP contribution in [0.2, 0.25) is 5.02 Å². The van der Waals surface area contributed by atoms with Crippen LogP contribution in [0.1, 0.15) is 69.4 Å². The molecule has 45 heavy (non-hydrogen) atoms. The van der Waals surface area contributed by atoms with Crippen molar-refractivity contribution in [3.63, 3.8) is 0 Å². The van der Waals surface area contributed by atoms with E-state index in [9.17, 15) is 4.79 Å². The van der Waals surface area contributed by atoms with Crippen molar-refractivity contribution < 1.29 is 9.53 Å². The molecular weight excluding hydrogens is 600 g/mol. The van der Waals surface area contributed by atoms with Crippen LogP contribution in [-0.4, -0.2) is 31.1 Å². The fraction of sp³-hybridized carbons (Fsp3) is 0.297. The van der Waals surface area contributed by atoms with E-state index in [1.165, 1.54) is 23.9 Å². The van der Waals surface area contributed by atoms with Gasteiger partial charge < -0.3 is 4.74 Å². The van der Waals surface area contributed by atoms with Gasteiger partial charge in [-0.05, 0) is 101 Å². The van der Waals surface area contributed by atoms with E-state index in [0.717, 1.165) is 59.8 Å². The Morgan fingerprint density at radius 1 is 1.02 bits per heavy atom. The van der Waals surface area contributed by atoms with Crippen LogP contribution >= 0.6 is 22.9 Å². The summed E-state index contributed by atoms with van der Waals surface area (Å²) in [6, 6.07) is 20.5. The quantitative estimate of drug-likeness (QED) is 0.175. The van der Waals surface area contributed by atoms with E-state index in [1.54, 1.807) is 18.3 Å². The number of fused-ring (bicyclic) bond motifs is 2. The van der Waals surface area contributed by atoms with Gasteiger partial charge >= 0.3 is 0 Å². The molecule has 8 heteroatoms. The average Bonchev–Trinajstić information content (AvgIpc) is 3.67. The molecule has 1 aliphatic carbocycles. The number of ketones is 1. The van der Waals surface area contributed by atoms with Gasteiger partial charge in [0, 0.05) is 51.8 Å². The maximum atomic E-state index is 13.1. The molecule has 6 nitrogen and oxygen atoms in total. The molecule has 7 rings (SSSR count). The van der Waals surface area contributed by atoms with Crippen LogP contribution in [0.25, 0.3) is 54.1 Å². The minimum atomic E-state index is -0.721. The number of pyridine rings is 1.